The van der Waals surface area contributed by atoms with Gasteiger partial charge in [0, 0.05) is 6.04 Å². The first kappa shape index (κ1) is 22.6. The van der Waals surface area contributed by atoms with E-state index in [1.54, 1.807) is 6.08 Å². The van der Waals surface area contributed by atoms with E-state index in [9.17, 15) is 9.59 Å². The average molecular weight is 633 g/mol. The summed E-state index contributed by atoms with van der Waals surface area (Å²) >= 11 is 5.51. The van der Waals surface area contributed by atoms with Gasteiger partial charge in [-0.2, -0.15) is 0 Å². The molecule has 2 amide bonds. The van der Waals surface area contributed by atoms with E-state index in [1.165, 1.54) is 10.5 Å². The number of carbonyl (C=O) groups excluding carboxylic acids is 2. The number of benzene rings is 2. The van der Waals surface area contributed by atoms with Crippen molar-refractivity contribution in [2.75, 3.05) is 0 Å². The van der Waals surface area contributed by atoms with Gasteiger partial charge < -0.3 is 4.74 Å². The van der Waals surface area contributed by atoms with Crippen LogP contribution in [0.15, 0.2) is 41.3 Å². The number of amides is 2. The minimum absolute atomic E-state index is 0.0916. The van der Waals surface area contributed by atoms with E-state index in [-0.39, 0.29) is 17.2 Å². The van der Waals surface area contributed by atoms with Gasteiger partial charge in [0.25, 0.3) is 11.1 Å². The number of hydrogen-bond donors (Lipinski definition) is 0. The fraction of sp³-hybridized carbons (Fsp3) is 0.273. The normalized spacial score (nSPS) is 16.6. The zero-order chi connectivity index (χ0) is 21.1. The minimum Gasteiger partial charge on any atom is -0.487 e. The van der Waals surface area contributed by atoms with Gasteiger partial charge in [-0.05, 0) is 107 Å². The highest BCUT2D eigenvalue weighted by Gasteiger charge is 2.37. The highest BCUT2D eigenvalue weighted by molar-refractivity contribution is 14.1. The molecule has 1 saturated heterocycles. The third-order valence-electron chi connectivity index (χ3n) is 4.64. The van der Waals surface area contributed by atoms with Gasteiger partial charge in [0.15, 0.2) is 0 Å². The Morgan fingerprint density at radius 2 is 1.86 bits per heavy atom. The molecule has 0 radical (unpaired) electrons. The molecule has 1 heterocycles. The van der Waals surface area contributed by atoms with Gasteiger partial charge in [-0.1, -0.05) is 36.8 Å². The van der Waals surface area contributed by atoms with Crippen molar-refractivity contribution < 1.29 is 14.3 Å². The molecule has 1 atom stereocenters. The highest BCUT2D eigenvalue weighted by Crippen LogP contribution is 2.36. The number of carbonyl (C=O) groups is 2. The second-order valence-corrected chi connectivity index (χ2v) is 10.2. The van der Waals surface area contributed by atoms with Crippen LogP contribution in [0.2, 0.25) is 0 Å². The zero-order valence-corrected chi connectivity index (χ0v) is 21.5. The summed E-state index contributed by atoms with van der Waals surface area (Å²) in [6, 6.07) is 12.1. The van der Waals surface area contributed by atoms with E-state index < -0.39 is 0 Å². The van der Waals surface area contributed by atoms with Gasteiger partial charge >= 0.3 is 0 Å². The molecule has 2 aromatic carbocycles. The van der Waals surface area contributed by atoms with Crippen molar-refractivity contribution in [1.82, 2.24) is 4.90 Å². The summed E-state index contributed by atoms with van der Waals surface area (Å²) in [6.45, 7) is 6.43. The predicted molar refractivity (Wildman–Crippen MR) is 135 cm³/mol. The van der Waals surface area contributed by atoms with Crippen LogP contribution in [0.1, 0.15) is 37.0 Å². The molecule has 0 aliphatic carbocycles. The molecule has 0 saturated carbocycles. The molecule has 152 valence electrons. The number of aryl methyl sites for hydroxylation is 1. The lowest BCUT2D eigenvalue weighted by molar-refractivity contribution is -0.124. The van der Waals surface area contributed by atoms with Gasteiger partial charge in [0.05, 0.1) is 12.0 Å². The van der Waals surface area contributed by atoms with Crippen LogP contribution in [-0.2, 0) is 11.4 Å². The van der Waals surface area contributed by atoms with E-state index in [0.29, 0.717) is 11.5 Å². The number of imide groups is 1. The maximum absolute atomic E-state index is 12.6. The Morgan fingerprint density at radius 3 is 2.48 bits per heavy atom. The van der Waals surface area contributed by atoms with Crippen molar-refractivity contribution in [3.63, 3.8) is 0 Å². The van der Waals surface area contributed by atoms with Crippen molar-refractivity contribution in [2.24, 2.45) is 0 Å². The van der Waals surface area contributed by atoms with Crippen LogP contribution in [0, 0.1) is 14.1 Å². The van der Waals surface area contributed by atoms with Gasteiger partial charge in [-0.3, -0.25) is 14.5 Å². The molecular weight excluding hydrogens is 612 g/mol. The third kappa shape index (κ3) is 5.35. The Hall–Kier alpha value is -1.07. The molecule has 0 unspecified atom stereocenters. The molecular formula is C22H21I2NO3S. The van der Waals surface area contributed by atoms with E-state index in [4.69, 9.17) is 4.74 Å². The van der Waals surface area contributed by atoms with Gasteiger partial charge in [-0.15, -0.1) is 0 Å². The molecule has 1 fully saturated rings. The SMILES string of the molecule is CC[C@@H](C)N1C(=O)S/C(=C/c2cc(I)c(OCc3cccc(C)c3)c(I)c2)C1=O. The lowest BCUT2D eigenvalue weighted by Gasteiger charge is -2.19. The van der Waals surface area contributed by atoms with Crippen LogP contribution < -0.4 is 4.74 Å². The van der Waals surface area contributed by atoms with E-state index >= 15 is 0 Å². The summed E-state index contributed by atoms with van der Waals surface area (Å²) in [6.07, 6.45) is 2.54. The Labute approximate surface area is 202 Å². The number of nitrogens with zero attached hydrogens (tertiary/aromatic N) is 1. The maximum Gasteiger partial charge on any atom is 0.293 e. The predicted octanol–water partition coefficient (Wildman–Crippen LogP) is 6.62. The summed E-state index contributed by atoms with van der Waals surface area (Å²) in [7, 11) is 0. The monoisotopic (exact) mass is 633 g/mol. The Kier molecular flexibility index (Phi) is 7.66. The molecule has 0 aromatic heterocycles. The van der Waals surface area contributed by atoms with Gasteiger partial charge in [-0.25, -0.2) is 0 Å². The van der Waals surface area contributed by atoms with Crippen LogP contribution in [0.5, 0.6) is 5.75 Å². The summed E-state index contributed by atoms with van der Waals surface area (Å²) < 4.78 is 8.00. The maximum atomic E-state index is 12.6. The summed E-state index contributed by atoms with van der Waals surface area (Å²) in [4.78, 5) is 26.7. The second kappa shape index (κ2) is 9.82. The van der Waals surface area contributed by atoms with Crippen LogP contribution in [0.3, 0.4) is 0 Å². The molecule has 7 heteroatoms. The van der Waals surface area contributed by atoms with E-state index in [2.05, 4.69) is 70.3 Å². The van der Waals surface area contributed by atoms with Crippen LogP contribution in [0.4, 0.5) is 4.79 Å². The number of rotatable bonds is 6. The summed E-state index contributed by atoms with van der Waals surface area (Å²) in [5.74, 6) is 0.622. The van der Waals surface area contributed by atoms with Crippen molar-refractivity contribution in [3.8, 4) is 5.75 Å². The minimum atomic E-state index is -0.209. The summed E-state index contributed by atoms with van der Waals surface area (Å²) in [5, 5.41) is -0.196. The standard InChI is InChI=1S/C22H21I2NO3S/c1-4-14(3)25-21(26)19(29-22(25)27)11-16-9-17(23)20(18(24)10-16)28-12-15-7-5-6-13(2)8-15/h5-11,14H,4,12H2,1-3H3/b19-11+/t14-/m1/s1. The molecule has 4 nitrogen and oxygen atoms in total. The molecule has 0 N–H and O–H groups in total. The van der Waals surface area contributed by atoms with E-state index in [0.717, 1.165) is 42.2 Å². The van der Waals surface area contributed by atoms with Crippen molar-refractivity contribution in [3.05, 3.63) is 65.1 Å². The van der Waals surface area contributed by atoms with Crippen molar-refractivity contribution in [2.45, 2.75) is 39.8 Å². The lowest BCUT2D eigenvalue weighted by Crippen LogP contribution is -2.36. The summed E-state index contributed by atoms with van der Waals surface area (Å²) in [5.41, 5.74) is 3.22. The fourth-order valence-electron chi connectivity index (χ4n) is 2.95. The number of ether oxygens (including phenoxy) is 1. The Morgan fingerprint density at radius 1 is 1.17 bits per heavy atom. The molecule has 1 aliphatic rings. The molecule has 0 bridgehead atoms. The van der Waals surface area contributed by atoms with Crippen molar-refractivity contribution in [1.29, 1.82) is 0 Å². The quantitative estimate of drug-likeness (QED) is 0.265. The molecule has 1 aliphatic heterocycles. The highest BCUT2D eigenvalue weighted by atomic mass is 127. The third-order valence-corrected chi connectivity index (χ3v) is 7.13. The average Bonchev–Trinajstić information content (AvgIpc) is 2.94. The molecule has 0 spiro atoms. The Bertz CT molecular complexity index is 967. The van der Waals surface area contributed by atoms with Crippen molar-refractivity contribution >= 4 is 74.2 Å². The smallest absolute Gasteiger partial charge is 0.293 e. The van der Waals surface area contributed by atoms with Gasteiger partial charge in [0.2, 0.25) is 0 Å². The van der Waals surface area contributed by atoms with Crippen LogP contribution >= 0.6 is 56.9 Å². The van der Waals surface area contributed by atoms with Gasteiger partial charge in [0.1, 0.15) is 12.4 Å². The molecule has 29 heavy (non-hydrogen) atoms. The first-order valence-electron chi connectivity index (χ1n) is 9.24. The molecule has 3 rings (SSSR count). The fourth-order valence-corrected chi connectivity index (χ4v) is 6.01. The Balaban J connectivity index is 1.79. The number of hydrogen-bond acceptors (Lipinski definition) is 4. The first-order chi connectivity index (χ1) is 13.8. The first-order valence-corrected chi connectivity index (χ1v) is 12.2. The molecule has 2 aromatic rings. The second-order valence-electron chi connectivity index (χ2n) is 6.90. The largest absolute Gasteiger partial charge is 0.487 e. The van der Waals surface area contributed by atoms with Crippen LogP contribution in [0.25, 0.3) is 6.08 Å². The lowest BCUT2D eigenvalue weighted by atomic mass is 10.1. The van der Waals surface area contributed by atoms with E-state index in [1.807, 2.05) is 32.0 Å². The van der Waals surface area contributed by atoms with Crippen LogP contribution in [-0.4, -0.2) is 22.1 Å². The zero-order valence-electron chi connectivity index (χ0n) is 16.4. The number of thioether (sulfide) groups is 1. The topological polar surface area (TPSA) is 46.6 Å². The number of halogens is 2.